The molecule has 0 radical (unpaired) electrons. The molecule has 3 rings (SSSR count). The van der Waals surface area contributed by atoms with Crippen molar-refractivity contribution in [2.24, 2.45) is 4.99 Å². The maximum atomic E-state index is 12.3. The van der Waals surface area contributed by atoms with Crippen molar-refractivity contribution in [2.45, 2.75) is 19.4 Å². The molecular formula is C21H26N4O2. The number of ether oxygens (including phenoxy) is 1. The van der Waals surface area contributed by atoms with Crippen LogP contribution in [0, 0.1) is 0 Å². The van der Waals surface area contributed by atoms with Crippen molar-refractivity contribution in [1.29, 1.82) is 0 Å². The van der Waals surface area contributed by atoms with Crippen LogP contribution in [0.2, 0.25) is 0 Å². The Morgan fingerprint density at radius 2 is 1.85 bits per heavy atom. The standard InChI is InChI=1S/C21H26N4O2/c1-2-27-21(26)20(16-18-6-4-3-5-7-18)23-17-24-12-14-25(15-13-24)19-8-10-22-11-9-19/h3-11,17,20H,2,12-16H2,1H3/t20-/m0/s1. The Labute approximate surface area is 160 Å². The third-order valence-electron chi connectivity index (χ3n) is 4.58. The summed E-state index contributed by atoms with van der Waals surface area (Å²) in [6, 6.07) is 13.5. The van der Waals surface area contributed by atoms with E-state index in [2.05, 4.69) is 19.8 Å². The Hall–Kier alpha value is -2.89. The first kappa shape index (κ1) is 18.9. The van der Waals surface area contributed by atoms with Gasteiger partial charge in [0, 0.05) is 50.7 Å². The van der Waals surface area contributed by atoms with E-state index >= 15 is 0 Å². The monoisotopic (exact) mass is 366 g/mol. The van der Waals surface area contributed by atoms with E-state index in [1.54, 1.807) is 0 Å². The van der Waals surface area contributed by atoms with E-state index in [0.717, 1.165) is 31.7 Å². The molecule has 0 bridgehead atoms. The molecule has 0 N–H and O–H groups in total. The van der Waals surface area contributed by atoms with Gasteiger partial charge in [-0.1, -0.05) is 30.3 Å². The molecule has 1 aromatic heterocycles. The number of anilines is 1. The quantitative estimate of drug-likeness (QED) is 0.428. The largest absolute Gasteiger partial charge is 0.464 e. The molecule has 0 spiro atoms. The van der Waals surface area contributed by atoms with Crippen molar-refractivity contribution >= 4 is 18.0 Å². The van der Waals surface area contributed by atoms with E-state index in [0.29, 0.717) is 13.0 Å². The van der Waals surface area contributed by atoms with Crippen molar-refractivity contribution in [2.75, 3.05) is 37.7 Å². The van der Waals surface area contributed by atoms with Gasteiger partial charge in [-0.25, -0.2) is 4.79 Å². The van der Waals surface area contributed by atoms with E-state index in [9.17, 15) is 4.79 Å². The zero-order chi connectivity index (χ0) is 18.9. The highest BCUT2D eigenvalue weighted by Gasteiger charge is 2.20. The highest BCUT2D eigenvalue weighted by atomic mass is 16.5. The smallest absolute Gasteiger partial charge is 0.331 e. The van der Waals surface area contributed by atoms with Gasteiger partial charge in [0.05, 0.1) is 12.9 Å². The normalized spacial score (nSPS) is 15.7. The summed E-state index contributed by atoms with van der Waals surface area (Å²) in [5.74, 6) is -0.270. The molecule has 2 heterocycles. The van der Waals surface area contributed by atoms with E-state index < -0.39 is 6.04 Å². The lowest BCUT2D eigenvalue weighted by atomic mass is 10.1. The molecule has 142 valence electrons. The minimum absolute atomic E-state index is 0.270. The van der Waals surface area contributed by atoms with Crippen molar-refractivity contribution < 1.29 is 9.53 Å². The second kappa shape index (κ2) is 9.71. The Kier molecular flexibility index (Phi) is 6.79. The first-order valence-corrected chi connectivity index (χ1v) is 9.39. The molecule has 27 heavy (non-hydrogen) atoms. The van der Waals surface area contributed by atoms with Crippen molar-refractivity contribution in [1.82, 2.24) is 9.88 Å². The molecule has 6 nitrogen and oxygen atoms in total. The number of pyridine rings is 1. The number of rotatable bonds is 7. The van der Waals surface area contributed by atoms with Crippen LogP contribution in [0.15, 0.2) is 59.9 Å². The van der Waals surface area contributed by atoms with Crippen molar-refractivity contribution in [3.05, 3.63) is 60.4 Å². The summed E-state index contributed by atoms with van der Waals surface area (Å²) < 4.78 is 5.21. The highest BCUT2D eigenvalue weighted by molar-refractivity contribution is 5.78. The molecule has 0 aliphatic carbocycles. The lowest BCUT2D eigenvalue weighted by Gasteiger charge is -2.35. The van der Waals surface area contributed by atoms with Crippen molar-refractivity contribution in [3.63, 3.8) is 0 Å². The Bertz CT molecular complexity index is 728. The van der Waals surface area contributed by atoms with Gasteiger partial charge in [0.15, 0.2) is 6.04 Å². The summed E-state index contributed by atoms with van der Waals surface area (Å²) in [6.45, 7) is 5.75. The van der Waals surface area contributed by atoms with Gasteiger partial charge in [0.2, 0.25) is 0 Å². The number of aromatic nitrogens is 1. The third kappa shape index (κ3) is 5.54. The van der Waals surface area contributed by atoms with Gasteiger partial charge in [-0.05, 0) is 24.6 Å². The molecule has 1 atom stereocenters. The number of nitrogens with zero attached hydrogens (tertiary/aromatic N) is 4. The lowest BCUT2D eigenvalue weighted by molar-refractivity contribution is -0.144. The van der Waals surface area contributed by atoms with Crippen LogP contribution in [0.3, 0.4) is 0 Å². The molecule has 0 unspecified atom stereocenters. The molecule has 1 aliphatic rings. The second-order valence-electron chi connectivity index (χ2n) is 6.45. The van der Waals surface area contributed by atoms with E-state index in [1.807, 2.05) is 68.1 Å². The summed E-state index contributed by atoms with van der Waals surface area (Å²) >= 11 is 0. The molecule has 0 amide bonds. The number of carbonyl (C=O) groups excluding carboxylic acids is 1. The minimum atomic E-state index is -0.509. The Morgan fingerprint density at radius 3 is 2.52 bits per heavy atom. The first-order valence-electron chi connectivity index (χ1n) is 9.39. The van der Waals surface area contributed by atoms with E-state index in [1.165, 1.54) is 5.69 Å². The maximum Gasteiger partial charge on any atom is 0.331 e. The molecular weight excluding hydrogens is 340 g/mol. The summed E-state index contributed by atoms with van der Waals surface area (Å²) in [4.78, 5) is 25.4. The first-order chi connectivity index (χ1) is 13.3. The van der Waals surface area contributed by atoms with Gasteiger partial charge in [-0.3, -0.25) is 9.98 Å². The van der Waals surface area contributed by atoms with Gasteiger partial charge in [-0.15, -0.1) is 0 Å². The molecule has 0 saturated carbocycles. The van der Waals surface area contributed by atoms with Crippen LogP contribution >= 0.6 is 0 Å². The summed E-state index contributed by atoms with van der Waals surface area (Å²) in [6.07, 6.45) is 5.99. The topological polar surface area (TPSA) is 58.0 Å². The lowest BCUT2D eigenvalue weighted by Crippen LogP contribution is -2.46. The summed E-state index contributed by atoms with van der Waals surface area (Å²) in [7, 11) is 0. The molecule has 6 heteroatoms. The van der Waals surface area contributed by atoms with E-state index in [-0.39, 0.29) is 5.97 Å². The van der Waals surface area contributed by atoms with Crippen LogP contribution in [0.5, 0.6) is 0 Å². The fourth-order valence-electron chi connectivity index (χ4n) is 3.10. The predicted octanol–water partition coefficient (Wildman–Crippen LogP) is 2.41. The Morgan fingerprint density at radius 1 is 1.15 bits per heavy atom. The van der Waals surface area contributed by atoms with Crippen LogP contribution < -0.4 is 4.90 Å². The fraction of sp³-hybridized carbons (Fsp3) is 0.381. The van der Waals surface area contributed by atoms with Crippen LogP contribution in [0.4, 0.5) is 5.69 Å². The third-order valence-corrected chi connectivity index (χ3v) is 4.58. The van der Waals surface area contributed by atoms with Crippen molar-refractivity contribution in [3.8, 4) is 0 Å². The van der Waals surface area contributed by atoms with Gasteiger partial charge in [0.1, 0.15) is 0 Å². The van der Waals surface area contributed by atoms with Gasteiger partial charge in [0.25, 0.3) is 0 Å². The van der Waals surface area contributed by atoms with Gasteiger partial charge in [-0.2, -0.15) is 0 Å². The molecule has 2 aromatic rings. The van der Waals surface area contributed by atoms with Crippen LogP contribution in [-0.2, 0) is 16.0 Å². The fourth-order valence-corrected chi connectivity index (χ4v) is 3.10. The number of esters is 1. The average Bonchev–Trinajstić information content (AvgIpc) is 2.73. The number of benzene rings is 1. The number of carbonyl (C=O) groups is 1. The number of hydrogen-bond donors (Lipinski definition) is 0. The molecule has 1 fully saturated rings. The molecule has 1 saturated heterocycles. The SMILES string of the molecule is CCOC(=O)[C@H](Cc1ccccc1)N=CN1CCN(c2ccncc2)CC1. The number of piperazine rings is 1. The zero-order valence-electron chi connectivity index (χ0n) is 15.7. The van der Waals surface area contributed by atoms with Crippen LogP contribution in [0.1, 0.15) is 12.5 Å². The van der Waals surface area contributed by atoms with E-state index in [4.69, 9.17) is 4.74 Å². The van der Waals surface area contributed by atoms with Crippen LogP contribution in [0.25, 0.3) is 0 Å². The molecule has 1 aromatic carbocycles. The number of hydrogen-bond acceptors (Lipinski definition) is 5. The average molecular weight is 366 g/mol. The van der Waals surface area contributed by atoms with Crippen LogP contribution in [-0.4, -0.2) is 61.0 Å². The second-order valence-corrected chi connectivity index (χ2v) is 6.45. The molecule has 1 aliphatic heterocycles. The van der Waals surface area contributed by atoms with Gasteiger partial charge < -0.3 is 14.5 Å². The highest BCUT2D eigenvalue weighted by Crippen LogP contribution is 2.14. The van der Waals surface area contributed by atoms with Gasteiger partial charge >= 0.3 is 5.97 Å². The zero-order valence-corrected chi connectivity index (χ0v) is 15.7. The summed E-state index contributed by atoms with van der Waals surface area (Å²) in [5, 5.41) is 0. The summed E-state index contributed by atoms with van der Waals surface area (Å²) in [5.41, 5.74) is 2.27. The maximum absolute atomic E-state index is 12.3. The predicted molar refractivity (Wildman–Crippen MR) is 107 cm³/mol. The Balaban J connectivity index is 1.58. The number of aliphatic imine (C=N–C) groups is 1. The minimum Gasteiger partial charge on any atom is -0.464 e.